The number of aryl methyl sites for hydroxylation is 1. The van der Waals surface area contributed by atoms with Gasteiger partial charge in [0.2, 0.25) is 5.91 Å². The van der Waals surface area contributed by atoms with E-state index in [1.807, 2.05) is 58.9 Å². The van der Waals surface area contributed by atoms with Crippen LogP contribution in [0.1, 0.15) is 36.4 Å². The van der Waals surface area contributed by atoms with Crippen LogP contribution in [-0.2, 0) is 11.3 Å². The maximum Gasteiger partial charge on any atom is 0.224 e. The van der Waals surface area contributed by atoms with E-state index in [0.717, 1.165) is 47.8 Å². The molecule has 3 aromatic rings. The topological polar surface area (TPSA) is 72.4 Å². The number of carbonyl (C=O) groups is 1. The number of aromatic nitrogens is 3. The highest BCUT2D eigenvalue weighted by Crippen LogP contribution is 2.38. The lowest BCUT2D eigenvalue weighted by atomic mass is 10.0. The Hall–Kier alpha value is -3.13. The molecule has 1 N–H and O–H groups in total. The van der Waals surface area contributed by atoms with E-state index in [0.29, 0.717) is 31.0 Å². The van der Waals surface area contributed by atoms with Gasteiger partial charge in [0.25, 0.3) is 0 Å². The molecule has 166 valence electrons. The predicted octanol–water partition coefficient (Wildman–Crippen LogP) is 4.44. The van der Waals surface area contributed by atoms with Crippen LogP contribution >= 0.6 is 12.2 Å². The quantitative estimate of drug-likeness (QED) is 0.582. The molecule has 1 saturated heterocycles. The van der Waals surface area contributed by atoms with Crippen LogP contribution in [0.5, 0.6) is 11.5 Å². The molecule has 0 radical (unpaired) electrons. The second kappa shape index (κ2) is 8.78. The Morgan fingerprint density at radius 1 is 1.16 bits per heavy atom. The number of likely N-dealkylation sites (tertiary alicyclic amines) is 1. The van der Waals surface area contributed by atoms with Crippen LogP contribution in [0, 0.1) is 11.7 Å². The Bertz CT molecular complexity index is 1180. The van der Waals surface area contributed by atoms with Crippen LogP contribution in [0.25, 0.3) is 11.4 Å². The molecule has 2 aliphatic rings. The fourth-order valence-corrected chi connectivity index (χ4v) is 4.70. The van der Waals surface area contributed by atoms with Gasteiger partial charge in [0.1, 0.15) is 13.2 Å². The van der Waals surface area contributed by atoms with E-state index < -0.39 is 0 Å². The first-order valence-electron chi connectivity index (χ1n) is 11.0. The third-order valence-corrected chi connectivity index (χ3v) is 6.45. The maximum atomic E-state index is 13.2. The number of aromatic amines is 1. The third kappa shape index (κ3) is 4.02. The highest BCUT2D eigenvalue weighted by molar-refractivity contribution is 7.71. The minimum atomic E-state index is 0.0622. The number of nitrogens with one attached hydrogen (secondary N) is 1. The van der Waals surface area contributed by atoms with Gasteiger partial charge in [0.05, 0.1) is 6.04 Å². The molecule has 0 spiro atoms. The Morgan fingerprint density at radius 3 is 2.75 bits per heavy atom. The molecule has 0 saturated carbocycles. The number of fused-ring (bicyclic) bond motifs is 1. The highest BCUT2D eigenvalue weighted by Gasteiger charge is 2.30. The van der Waals surface area contributed by atoms with Crippen LogP contribution in [0.15, 0.2) is 42.5 Å². The number of hydrogen-bond acceptors (Lipinski definition) is 5. The van der Waals surface area contributed by atoms with Crippen molar-refractivity contribution in [2.75, 3.05) is 19.8 Å². The van der Waals surface area contributed by atoms with E-state index in [9.17, 15) is 4.79 Å². The number of ether oxygens (including phenoxy) is 2. The molecule has 7 nitrogen and oxygen atoms in total. The smallest absolute Gasteiger partial charge is 0.224 e. The van der Waals surface area contributed by atoms with Gasteiger partial charge in [0, 0.05) is 25.1 Å². The molecule has 8 heteroatoms. The largest absolute Gasteiger partial charge is 0.486 e. The lowest BCUT2D eigenvalue weighted by Crippen LogP contribution is -2.31. The summed E-state index contributed by atoms with van der Waals surface area (Å²) in [4.78, 5) is 15.2. The average molecular weight is 451 g/mol. The number of hydrogen-bond donors (Lipinski definition) is 1. The summed E-state index contributed by atoms with van der Waals surface area (Å²) in [6, 6.07) is 14.2. The fourth-order valence-electron chi connectivity index (χ4n) is 4.48. The van der Waals surface area contributed by atoms with Gasteiger partial charge >= 0.3 is 0 Å². The summed E-state index contributed by atoms with van der Waals surface area (Å²) in [7, 11) is 0. The Kier molecular flexibility index (Phi) is 5.70. The van der Waals surface area contributed by atoms with E-state index >= 15 is 0 Å². The third-order valence-electron chi connectivity index (χ3n) is 6.14. The minimum absolute atomic E-state index is 0.0622. The summed E-state index contributed by atoms with van der Waals surface area (Å²) in [6.07, 6.45) is 2.31. The molecule has 1 atom stereocenters. The Morgan fingerprint density at radius 2 is 1.94 bits per heavy atom. The molecule has 1 amide bonds. The van der Waals surface area contributed by atoms with Crippen LogP contribution < -0.4 is 9.47 Å². The molecule has 2 aromatic carbocycles. The first-order chi connectivity index (χ1) is 15.6. The molecule has 1 unspecified atom stereocenters. The van der Waals surface area contributed by atoms with Gasteiger partial charge in [0.15, 0.2) is 22.1 Å². The van der Waals surface area contributed by atoms with Crippen LogP contribution in [0.3, 0.4) is 0 Å². The van der Waals surface area contributed by atoms with Crippen molar-refractivity contribution in [2.45, 2.75) is 38.8 Å². The number of amides is 1. The molecule has 0 bridgehead atoms. The summed E-state index contributed by atoms with van der Waals surface area (Å²) in [5.74, 6) is 2.42. The first kappa shape index (κ1) is 20.8. The number of rotatable bonds is 5. The zero-order valence-electron chi connectivity index (χ0n) is 18.0. The zero-order valence-corrected chi connectivity index (χ0v) is 18.9. The number of nitrogens with zero attached hydrogens (tertiary/aromatic N) is 3. The first-order valence-corrected chi connectivity index (χ1v) is 11.4. The van der Waals surface area contributed by atoms with E-state index in [1.165, 1.54) is 5.56 Å². The SMILES string of the molecule is Cc1ccc(-c2n[nH]c(=S)n2CCC(=O)N2CCCC2c2ccc3c(c2)OCCO3)cc1. The summed E-state index contributed by atoms with van der Waals surface area (Å²) >= 11 is 5.44. The van der Waals surface area contributed by atoms with Crippen molar-refractivity contribution in [3.05, 3.63) is 58.4 Å². The van der Waals surface area contributed by atoms with Crippen molar-refractivity contribution in [1.29, 1.82) is 0 Å². The summed E-state index contributed by atoms with van der Waals surface area (Å²) in [5.41, 5.74) is 3.26. The van der Waals surface area contributed by atoms with E-state index in [1.54, 1.807) is 0 Å². The number of H-pyrrole nitrogens is 1. The van der Waals surface area contributed by atoms with Crippen molar-refractivity contribution in [2.24, 2.45) is 0 Å². The van der Waals surface area contributed by atoms with Gasteiger partial charge in [-0.15, -0.1) is 0 Å². The van der Waals surface area contributed by atoms with Crippen LogP contribution in [-0.4, -0.2) is 45.3 Å². The molecular formula is C24H26N4O3S. The van der Waals surface area contributed by atoms with Gasteiger partial charge in [-0.2, -0.15) is 5.10 Å². The summed E-state index contributed by atoms with van der Waals surface area (Å²) in [6.45, 7) is 4.43. The second-order valence-electron chi connectivity index (χ2n) is 8.27. The number of benzene rings is 2. The van der Waals surface area contributed by atoms with E-state index in [4.69, 9.17) is 21.7 Å². The fraction of sp³-hybridized carbons (Fsp3) is 0.375. The van der Waals surface area contributed by atoms with Crippen molar-refractivity contribution >= 4 is 18.1 Å². The molecule has 0 aliphatic carbocycles. The van der Waals surface area contributed by atoms with Gasteiger partial charge in [-0.3, -0.25) is 14.5 Å². The van der Waals surface area contributed by atoms with Crippen molar-refractivity contribution < 1.29 is 14.3 Å². The molecule has 1 aromatic heterocycles. The standard InChI is InChI=1S/C24H26N4O3S/c1-16-4-6-17(7-5-16)23-25-26-24(32)28(23)12-10-22(29)27-11-2-3-19(27)18-8-9-20-21(15-18)31-14-13-30-20/h4-9,15,19H,2-3,10-14H2,1H3,(H,26,32). The zero-order chi connectivity index (χ0) is 22.1. The van der Waals surface area contributed by atoms with Crippen molar-refractivity contribution in [1.82, 2.24) is 19.7 Å². The molecule has 32 heavy (non-hydrogen) atoms. The van der Waals surface area contributed by atoms with Gasteiger partial charge in [-0.1, -0.05) is 35.9 Å². The summed E-state index contributed by atoms with van der Waals surface area (Å²) in [5, 5.41) is 7.26. The maximum absolute atomic E-state index is 13.2. The Labute approximate surface area is 192 Å². The molecule has 1 fully saturated rings. The monoisotopic (exact) mass is 450 g/mol. The average Bonchev–Trinajstić information content (AvgIpc) is 3.45. The molecule has 2 aliphatic heterocycles. The van der Waals surface area contributed by atoms with Gasteiger partial charge in [-0.05, 0) is 49.7 Å². The van der Waals surface area contributed by atoms with Crippen LogP contribution in [0.4, 0.5) is 0 Å². The highest BCUT2D eigenvalue weighted by atomic mass is 32.1. The second-order valence-corrected chi connectivity index (χ2v) is 8.65. The van der Waals surface area contributed by atoms with Crippen molar-refractivity contribution in [3.8, 4) is 22.9 Å². The molecule has 3 heterocycles. The molecular weight excluding hydrogens is 424 g/mol. The van der Waals surface area contributed by atoms with Gasteiger partial charge < -0.3 is 14.4 Å². The van der Waals surface area contributed by atoms with Crippen LogP contribution in [0.2, 0.25) is 0 Å². The van der Waals surface area contributed by atoms with Gasteiger partial charge in [-0.25, -0.2) is 0 Å². The predicted molar refractivity (Wildman–Crippen MR) is 123 cm³/mol. The summed E-state index contributed by atoms with van der Waals surface area (Å²) < 4.78 is 13.8. The lowest BCUT2D eigenvalue weighted by Gasteiger charge is -2.27. The number of carbonyl (C=O) groups excluding carboxylic acids is 1. The van der Waals surface area contributed by atoms with E-state index in [2.05, 4.69) is 10.2 Å². The normalized spacial score (nSPS) is 17.5. The van der Waals surface area contributed by atoms with Crippen molar-refractivity contribution in [3.63, 3.8) is 0 Å². The molecule has 5 rings (SSSR count). The minimum Gasteiger partial charge on any atom is -0.486 e. The Balaban J connectivity index is 1.31. The van der Waals surface area contributed by atoms with E-state index in [-0.39, 0.29) is 11.9 Å². The lowest BCUT2D eigenvalue weighted by molar-refractivity contribution is -0.132.